The molecule has 2 rings (SSSR count). The molecule has 1 N–H and O–H groups in total. The van der Waals surface area contributed by atoms with E-state index in [1.165, 1.54) is 0 Å². The first-order valence-corrected chi connectivity index (χ1v) is 4.97. The number of ether oxygens (including phenoxy) is 2. The summed E-state index contributed by atoms with van der Waals surface area (Å²) < 4.78 is 10.9. The lowest BCUT2D eigenvalue weighted by molar-refractivity contribution is -0.303. The van der Waals surface area contributed by atoms with E-state index < -0.39 is 0 Å². The number of methoxy groups -OCH3 is 2. The molecule has 3 nitrogen and oxygen atoms in total. The van der Waals surface area contributed by atoms with Crippen LogP contribution >= 0.6 is 0 Å². The van der Waals surface area contributed by atoms with Gasteiger partial charge in [0.2, 0.25) is 0 Å². The molecule has 0 aromatic heterocycles. The maximum atomic E-state index is 9.06. The van der Waals surface area contributed by atoms with Crippen molar-refractivity contribution in [3.63, 3.8) is 0 Å². The van der Waals surface area contributed by atoms with Crippen LogP contribution in [0.25, 0.3) is 0 Å². The van der Waals surface area contributed by atoms with Gasteiger partial charge in [-0.3, -0.25) is 0 Å². The van der Waals surface area contributed by atoms with Gasteiger partial charge in [-0.25, -0.2) is 0 Å². The second-order valence-corrected chi connectivity index (χ2v) is 4.31. The average molecular weight is 186 g/mol. The molecular weight excluding hydrogens is 168 g/mol. The minimum absolute atomic E-state index is 0.316. The van der Waals surface area contributed by atoms with E-state index in [-0.39, 0.29) is 5.79 Å². The molecule has 0 amide bonds. The van der Waals surface area contributed by atoms with Crippen molar-refractivity contribution in [1.82, 2.24) is 0 Å². The van der Waals surface area contributed by atoms with Gasteiger partial charge in [-0.2, -0.15) is 0 Å². The predicted molar refractivity (Wildman–Crippen MR) is 48.2 cm³/mol. The molecule has 0 radical (unpaired) electrons. The molecule has 1 unspecified atom stereocenters. The van der Waals surface area contributed by atoms with Crippen LogP contribution in [0.1, 0.15) is 19.3 Å². The van der Waals surface area contributed by atoms with Crippen LogP contribution in [0.2, 0.25) is 0 Å². The van der Waals surface area contributed by atoms with Gasteiger partial charge in [0.1, 0.15) is 0 Å². The second kappa shape index (κ2) is 3.23. The zero-order valence-corrected chi connectivity index (χ0v) is 8.32. The molecule has 2 saturated carbocycles. The van der Waals surface area contributed by atoms with Gasteiger partial charge in [-0.1, -0.05) is 0 Å². The number of aliphatic hydroxyl groups excluding tert-OH is 1. The number of fused-ring (bicyclic) bond motifs is 1. The Bertz CT molecular complexity index is 189. The predicted octanol–water partition coefficient (Wildman–Crippen LogP) is 1.01. The van der Waals surface area contributed by atoms with Gasteiger partial charge < -0.3 is 14.6 Å². The Kier molecular flexibility index (Phi) is 2.34. The van der Waals surface area contributed by atoms with Crippen LogP contribution in [0.15, 0.2) is 0 Å². The number of rotatable bonds is 3. The van der Waals surface area contributed by atoms with Crippen molar-refractivity contribution in [3.05, 3.63) is 0 Å². The first-order chi connectivity index (χ1) is 6.25. The van der Waals surface area contributed by atoms with Gasteiger partial charge in [0.25, 0.3) is 0 Å². The standard InChI is InChI=1S/C10H18O3/c1-12-10(13-2)5-8-3-7(6-11)4-9(8)10/h7-9,11H,3-6H2,1-2H3/t7?,8-,9-/m0/s1. The van der Waals surface area contributed by atoms with Gasteiger partial charge in [-0.15, -0.1) is 0 Å². The SMILES string of the molecule is COC1(OC)C[C@@H]2CC(CO)C[C@@H]21. The third-order valence-corrected chi connectivity index (χ3v) is 3.85. The Balaban J connectivity index is 2.01. The molecule has 0 spiro atoms. The van der Waals surface area contributed by atoms with E-state index in [2.05, 4.69) is 0 Å². The van der Waals surface area contributed by atoms with E-state index in [4.69, 9.17) is 14.6 Å². The molecule has 0 aromatic rings. The number of aliphatic hydroxyl groups is 1. The molecule has 0 aliphatic heterocycles. The summed E-state index contributed by atoms with van der Waals surface area (Å²) >= 11 is 0. The van der Waals surface area contributed by atoms with Gasteiger partial charge in [0.15, 0.2) is 5.79 Å². The summed E-state index contributed by atoms with van der Waals surface area (Å²) in [7, 11) is 3.43. The highest BCUT2D eigenvalue weighted by Crippen LogP contribution is 2.57. The van der Waals surface area contributed by atoms with Crippen molar-refractivity contribution in [1.29, 1.82) is 0 Å². The van der Waals surface area contributed by atoms with E-state index in [1.54, 1.807) is 14.2 Å². The molecule has 0 aromatic carbocycles. The summed E-state index contributed by atoms with van der Waals surface area (Å²) in [6, 6.07) is 0. The zero-order chi connectivity index (χ0) is 9.47. The average Bonchev–Trinajstić information content (AvgIpc) is 2.48. The first-order valence-electron chi connectivity index (χ1n) is 4.97. The summed E-state index contributed by atoms with van der Waals surface area (Å²) in [4.78, 5) is 0. The zero-order valence-electron chi connectivity index (χ0n) is 8.32. The molecule has 0 bridgehead atoms. The van der Waals surface area contributed by atoms with Crippen LogP contribution in [0.4, 0.5) is 0 Å². The fourth-order valence-corrected chi connectivity index (χ4v) is 3.06. The Labute approximate surface area is 79.0 Å². The van der Waals surface area contributed by atoms with Gasteiger partial charge in [0, 0.05) is 33.2 Å². The molecular formula is C10H18O3. The Morgan fingerprint density at radius 2 is 2.00 bits per heavy atom. The molecule has 0 saturated heterocycles. The molecule has 3 heteroatoms. The van der Waals surface area contributed by atoms with E-state index in [1.807, 2.05) is 0 Å². The summed E-state index contributed by atoms with van der Waals surface area (Å²) in [6.07, 6.45) is 3.21. The van der Waals surface area contributed by atoms with Crippen molar-refractivity contribution in [2.45, 2.75) is 25.0 Å². The molecule has 2 aliphatic rings. The molecule has 76 valence electrons. The number of hydrogen-bond donors (Lipinski definition) is 1. The van der Waals surface area contributed by atoms with E-state index in [0.717, 1.165) is 25.2 Å². The smallest absolute Gasteiger partial charge is 0.170 e. The Hall–Kier alpha value is -0.120. The summed E-state index contributed by atoms with van der Waals surface area (Å²) in [5, 5.41) is 9.06. The van der Waals surface area contributed by atoms with Crippen molar-refractivity contribution in [2.24, 2.45) is 17.8 Å². The quantitative estimate of drug-likeness (QED) is 0.669. The third-order valence-electron chi connectivity index (χ3n) is 3.85. The lowest BCUT2D eigenvalue weighted by atomic mass is 9.70. The van der Waals surface area contributed by atoms with Crippen molar-refractivity contribution < 1.29 is 14.6 Å². The molecule has 13 heavy (non-hydrogen) atoms. The van der Waals surface area contributed by atoms with Crippen LogP contribution in [-0.4, -0.2) is 31.7 Å². The summed E-state index contributed by atoms with van der Waals surface area (Å²) in [5.74, 6) is 1.38. The van der Waals surface area contributed by atoms with Crippen molar-refractivity contribution in [2.75, 3.05) is 20.8 Å². The molecule has 0 heterocycles. The van der Waals surface area contributed by atoms with E-state index in [0.29, 0.717) is 18.4 Å². The summed E-state index contributed by atoms with van der Waals surface area (Å²) in [5.41, 5.74) is 0. The van der Waals surface area contributed by atoms with Gasteiger partial charge in [0.05, 0.1) is 0 Å². The van der Waals surface area contributed by atoms with E-state index >= 15 is 0 Å². The minimum atomic E-state index is -0.325. The maximum absolute atomic E-state index is 9.06. The van der Waals surface area contributed by atoms with Crippen LogP contribution in [0.3, 0.4) is 0 Å². The van der Waals surface area contributed by atoms with Crippen molar-refractivity contribution in [3.8, 4) is 0 Å². The van der Waals surface area contributed by atoms with Crippen LogP contribution in [0, 0.1) is 17.8 Å². The maximum Gasteiger partial charge on any atom is 0.170 e. The highest BCUT2D eigenvalue weighted by molar-refractivity contribution is 5.02. The third kappa shape index (κ3) is 1.22. The molecule has 2 aliphatic carbocycles. The Morgan fingerprint density at radius 1 is 1.31 bits per heavy atom. The normalized spacial score (nSPS) is 41.3. The van der Waals surface area contributed by atoms with Gasteiger partial charge >= 0.3 is 0 Å². The molecule has 3 atom stereocenters. The van der Waals surface area contributed by atoms with Gasteiger partial charge in [-0.05, 0) is 24.7 Å². The fourth-order valence-electron chi connectivity index (χ4n) is 3.06. The van der Waals surface area contributed by atoms with Crippen molar-refractivity contribution >= 4 is 0 Å². The largest absolute Gasteiger partial charge is 0.396 e. The first kappa shape index (κ1) is 9.44. The second-order valence-electron chi connectivity index (χ2n) is 4.31. The molecule has 2 fully saturated rings. The number of hydrogen-bond acceptors (Lipinski definition) is 3. The van der Waals surface area contributed by atoms with Crippen LogP contribution in [-0.2, 0) is 9.47 Å². The van der Waals surface area contributed by atoms with Crippen LogP contribution in [0.5, 0.6) is 0 Å². The summed E-state index contributed by atoms with van der Waals surface area (Å²) in [6.45, 7) is 0.316. The lowest BCUT2D eigenvalue weighted by Crippen LogP contribution is -2.54. The topological polar surface area (TPSA) is 38.7 Å². The minimum Gasteiger partial charge on any atom is -0.396 e. The highest BCUT2D eigenvalue weighted by atomic mass is 16.7. The highest BCUT2D eigenvalue weighted by Gasteiger charge is 2.58. The van der Waals surface area contributed by atoms with E-state index in [9.17, 15) is 0 Å². The lowest BCUT2D eigenvalue weighted by Gasteiger charge is -2.49. The fraction of sp³-hybridized carbons (Fsp3) is 1.00. The Morgan fingerprint density at radius 3 is 2.54 bits per heavy atom. The van der Waals surface area contributed by atoms with Crippen LogP contribution < -0.4 is 0 Å². The monoisotopic (exact) mass is 186 g/mol.